The lowest BCUT2D eigenvalue weighted by molar-refractivity contribution is -0.121. The summed E-state index contributed by atoms with van der Waals surface area (Å²) in [5.74, 6) is 0.812. The Balaban J connectivity index is 1.95. The smallest absolute Gasteiger partial charge is 0.240 e. The van der Waals surface area contributed by atoms with Crippen LogP contribution < -0.4 is 15.4 Å². The van der Waals surface area contributed by atoms with Gasteiger partial charge in [0.25, 0.3) is 0 Å². The molecule has 0 atom stereocenters. The summed E-state index contributed by atoms with van der Waals surface area (Å²) in [4.78, 5) is 28.8. The van der Waals surface area contributed by atoms with Gasteiger partial charge in [0.2, 0.25) is 11.8 Å². The van der Waals surface area contributed by atoms with E-state index >= 15 is 0 Å². The first-order valence-corrected chi connectivity index (χ1v) is 10.4. The highest BCUT2D eigenvalue weighted by molar-refractivity contribution is 7.99. The summed E-state index contributed by atoms with van der Waals surface area (Å²) in [6.45, 7) is 4.60. The van der Waals surface area contributed by atoms with E-state index in [1.807, 2.05) is 12.1 Å². The quantitative estimate of drug-likeness (QED) is 0.482. The fraction of sp³-hybridized carbons (Fsp3) is 0.450. The number of thioether (sulfide) groups is 1. The number of nitrogens with zero attached hydrogens (tertiary/aromatic N) is 2. The number of imidazole rings is 1. The molecule has 0 radical (unpaired) electrons. The van der Waals surface area contributed by atoms with Gasteiger partial charge < -0.3 is 25.0 Å². The molecule has 0 bridgehead atoms. The Hall–Kier alpha value is -2.52. The molecule has 0 aliphatic carbocycles. The van der Waals surface area contributed by atoms with Gasteiger partial charge in [0.15, 0.2) is 5.16 Å². The second-order valence-corrected chi connectivity index (χ2v) is 7.79. The number of ether oxygens (including phenoxy) is 1. The standard InChI is InChI=1S/C20H28N4O4S/c1-14(2)8-9-21-18(26)11-24-15(12-25)10-22-20(24)29-13-19(27)23-16-6-4-5-7-17(16)28-3/h4-7,10,14,25H,8-9,11-13H2,1-3H3,(H,21,26)(H,23,27). The summed E-state index contributed by atoms with van der Waals surface area (Å²) in [5, 5.41) is 15.7. The molecule has 158 valence electrons. The van der Waals surface area contributed by atoms with Gasteiger partial charge in [-0.25, -0.2) is 4.98 Å². The minimum absolute atomic E-state index is 0.0461. The lowest BCUT2D eigenvalue weighted by Crippen LogP contribution is -2.30. The number of methoxy groups -OCH3 is 1. The van der Waals surface area contributed by atoms with Crippen LogP contribution in [0.25, 0.3) is 0 Å². The predicted octanol–water partition coefficient (Wildman–Crippen LogP) is 2.28. The summed E-state index contributed by atoms with van der Waals surface area (Å²) in [7, 11) is 1.54. The molecule has 0 spiro atoms. The average Bonchev–Trinajstić information content (AvgIpc) is 3.08. The summed E-state index contributed by atoms with van der Waals surface area (Å²) in [6.07, 6.45) is 2.41. The molecule has 0 saturated carbocycles. The molecule has 0 aliphatic rings. The van der Waals surface area contributed by atoms with Gasteiger partial charge >= 0.3 is 0 Å². The SMILES string of the molecule is COc1ccccc1NC(=O)CSc1ncc(CO)n1CC(=O)NCCC(C)C. The zero-order valence-electron chi connectivity index (χ0n) is 17.0. The Morgan fingerprint density at radius 2 is 2.03 bits per heavy atom. The molecule has 2 aromatic rings. The fourth-order valence-corrected chi connectivity index (χ4v) is 3.36. The van der Waals surface area contributed by atoms with E-state index in [0.29, 0.717) is 34.7 Å². The number of hydrogen-bond donors (Lipinski definition) is 3. The van der Waals surface area contributed by atoms with Crippen LogP contribution in [0.15, 0.2) is 35.6 Å². The van der Waals surface area contributed by atoms with E-state index in [0.717, 1.165) is 6.42 Å². The lowest BCUT2D eigenvalue weighted by Gasteiger charge is -2.12. The van der Waals surface area contributed by atoms with E-state index in [1.165, 1.54) is 18.0 Å². The number of aliphatic hydroxyl groups excluding tert-OH is 1. The van der Waals surface area contributed by atoms with E-state index < -0.39 is 0 Å². The van der Waals surface area contributed by atoms with Crippen LogP contribution in [0.1, 0.15) is 26.0 Å². The molecule has 0 aliphatic heterocycles. The third kappa shape index (κ3) is 7.10. The molecule has 9 heteroatoms. The highest BCUT2D eigenvalue weighted by Crippen LogP contribution is 2.24. The molecule has 0 fully saturated rings. The third-order valence-corrected chi connectivity index (χ3v) is 5.11. The first-order chi connectivity index (χ1) is 13.9. The average molecular weight is 421 g/mol. The van der Waals surface area contributed by atoms with Gasteiger partial charge in [-0.2, -0.15) is 0 Å². The Morgan fingerprint density at radius 3 is 2.72 bits per heavy atom. The number of aromatic nitrogens is 2. The number of carbonyl (C=O) groups excluding carboxylic acids is 2. The fourth-order valence-electron chi connectivity index (χ4n) is 2.57. The van der Waals surface area contributed by atoms with Crippen LogP contribution in [0.2, 0.25) is 0 Å². The van der Waals surface area contributed by atoms with Crippen molar-refractivity contribution in [2.24, 2.45) is 5.92 Å². The van der Waals surface area contributed by atoms with E-state index in [1.54, 1.807) is 23.8 Å². The van der Waals surface area contributed by atoms with Crippen LogP contribution in [0, 0.1) is 5.92 Å². The minimum atomic E-state index is -0.236. The van der Waals surface area contributed by atoms with Gasteiger partial charge in [-0.15, -0.1) is 0 Å². The summed E-state index contributed by atoms with van der Waals surface area (Å²) >= 11 is 1.20. The second-order valence-electron chi connectivity index (χ2n) is 6.85. The Morgan fingerprint density at radius 1 is 1.28 bits per heavy atom. The lowest BCUT2D eigenvalue weighted by atomic mass is 10.1. The van der Waals surface area contributed by atoms with Gasteiger partial charge in [0.1, 0.15) is 12.3 Å². The summed E-state index contributed by atoms with van der Waals surface area (Å²) in [6, 6.07) is 7.15. The maximum absolute atomic E-state index is 12.3. The number of para-hydroxylation sites is 2. The highest BCUT2D eigenvalue weighted by atomic mass is 32.2. The van der Waals surface area contributed by atoms with Crippen molar-refractivity contribution in [1.82, 2.24) is 14.9 Å². The van der Waals surface area contributed by atoms with Crippen LogP contribution in [0.4, 0.5) is 5.69 Å². The number of nitrogens with one attached hydrogen (secondary N) is 2. The summed E-state index contributed by atoms with van der Waals surface area (Å²) in [5.41, 5.74) is 1.11. The van der Waals surface area contributed by atoms with Gasteiger partial charge in [-0.1, -0.05) is 37.7 Å². The Bertz CT molecular complexity index is 823. The Labute approximate surface area is 175 Å². The molecule has 3 N–H and O–H groups in total. The van der Waals surface area contributed by atoms with Crippen molar-refractivity contribution in [2.75, 3.05) is 24.7 Å². The van der Waals surface area contributed by atoms with Crippen molar-refractivity contribution >= 4 is 29.3 Å². The minimum Gasteiger partial charge on any atom is -0.495 e. The molecule has 0 saturated heterocycles. The molecule has 1 aromatic heterocycles. The largest absolute Gasteiger partial charge is 0.495 e. The van der Waals surface area contributed by atoms with Crippen LogP contribution in [-0.2, 0) is 22.7 Å². The molecular weight excluding hydrogens is 392 g/mol. The molecule has 0 unspecified atom stereocenters. The number of amides is 2. The zero-order valence-corrected chi connectivity index (χ0v) is 17.8. The van der Waals surface area contributed by atoms with Crippen LogP contribution in [0.3, 0.4) is 0 Å². The van der Waals surface area contributed by atoms with Gasteiger partial charge in [-0.3, -0.25) is 9.59 Å². The maximum atomic E-state index is 12.3. The second kappa shape index (κ2) is 11.5. The monoisotopic (exact) mass is 420 g/mol. The van der Waals surface area contributed by atoms with Crippen LogP contribution >= 0.6 is 11.8 Å². The maximum Gasteiger partial charge on any atom is 0.240 e. The molecule has 2 rings (SSSR count). The van der Waals surface area contributed by atoms with Gasteiger partial charge in [-0.05, 0) is 24.5 Å². The molecule has 2 amide bonds. The Kier molecular flexibility index (Phi) is 9.01. The number of benzene rings is 1. The number of hydrogen-bond acceptors (Lipinski definition) is 6. The molecular formula is C20H28N4O4S. The zero-order chi connectivity index (χ0) is 21.2. The first kappa shape index (κ1) is 22.8. The predicted molar refractivity (Wildman–Crippen MR) is 113 cm³/mol. The van der Waals surface area contributed by atoms with Crippen molar-refractivity contribution in [1.29, 1.82) is 0 Å². The van der Waals surface area contributed by atoms with Crippen LogP contribution in [0.5, 0.6) is 5.75 Å². The number of rotatable bonds is 11. The van der Waals surface area contributed by atoms with Crippen molar-refractivity contribution in [3.05, 3.63) is 36.2 Å². The van der Waals surface area contributed by atoms with Gasteiger partial charge in [0.05, 0.1) is 37.0 Å². The normalized spacial score (nSPS) is 10.8. The van der Waals surface area contributed by atoms with E-state index in [4.69, 9.17) is 4.74 Å². The van der Waals surface area contributed by atoms with Crippen LogP contribution in [-0.4, -0.2) is 45.9 Å². The molecule has 8 nitrogen and oxygen atoms in total. The number of carbonyl (C=O) groups is 2. The van der Waals surface area contributed by atoms with Crippen molar-refractivity contribution in [3.63, 3.8) is 0 Å². The van der Waals surface area contributed by atoms with Crippen molar-refractivity contribution in [2.45, 2.75) is 38.6 Å². The number of anilines is 1. The molecule has 29 heavy (non-hydrogen) atoms. The third-order valence-electron chi connectivity index (χ3n) is 4.12. The number of aliphatic hydroxyl groups is 1. The highest BCUT2D eigenvalue weighted by Gasteiger charge is 2.15. The van der Waals surface area contributed by atoms with E-state index in [2.05, 4.69) is 29.5 Å². The van der Waals surface area contributed by atoms with Crippen molar-refractivity contribution < 1.29 is 19.4 Å². The van der Waals surface area contributed by atoms with Crippen molar-refractivity contribution in [3.8, 4) is 5.75 Å². The molecule has 1 heterocycles. The van der Waals surface area contributed by atoms with E-state index in [-0.39, 0.29) is 30.7 Å². The topological polar surface area (TPSA) is 105 Å². The van der Waals surface area contributed by atoms with E-state index in [9.17, 15) is 14.7 Å². The van der Waals surface area contributed by atoms with Gasteiger partial charge in [0, 0.05) is 6.54 Å². The molecule has 1 aromatic carbocycles. The first-order valence-electron chi connectivity index (χ1n) is 9.42. The summed E-state index contributed by atoms with van der Waals surface area (Å²) < 4.78 is 6.86.